The lowest BCUT2D eigenvalue weighted by Crippen LogP contribution is -2.27. The third-order valence-electron chi connectivity index (χ3n) is 4.91. The van der Waals surface area contributed by atoms with E-state index in [-0.39, 0.29) is 31.8 Å². The van der Waals surface area contributed by atoms with Gasteiger partial charge in [0, 0.05) is 22.6 Å². The Morgan fingerprint density at radius 1 is 1.22 bits per heavy atom. The van der Waals surface area contributed by atoms with Crippen molar-refractivity contribution in [2.75, 3.05) is 11.9 Å². The Bertz CT molecular complexity index is 1390. The number of hydrogen-bond donors (Lipinski definition) is 3. The summed E-state index contributed by atoms with van der Waals surface area (Å²) in [6.45, 7) is -0.202. The molecule has 0 bridgehead atoms. The molecule has 37 heavy (non-hydrogen) atoms. The zero-order valence-electron chi connectivity index (χ0n) is 18.6. The van der Waals surface area contributed by atoms with Gasteiger partial charge in [-0.05, 0) is 34.7 Å². The van der Waals surface area contributed by atoms with Crippen LogP contribution in [0.2, 0.25) is 0 Å². The zero-order valence-corrected chi connectivity index (χ0v) is 19.4. The first-order chi connectivity index (χ1) is 17.4. The van der Waals surface area contributed by atoms with Crippen LogP contribution in [-0.4, -0.2) is 44.2 Å². The summed E-state index contributed by atoms with van der Waals surface area (Å²) < 4.78 is 64.6. The van der Waals surface area contributed by atoms with Crippen molar-refractivity contribution in [3.05, 3.63) is 68.6 Å². The predicted molar refractivity (Wildman–Crippen MR) is 121 cm³/mol. The molecule has 1 aliphatic rings. The summed E-state index contributed by atoms with van der Waals surface area (Å²) in [5.41, 5.74) is 8.00. The molecule has 1 aliphatic heterocycles. The second kappa shape index (κ2) is 11.3. The summed E-state index contributed by atoms with van der Waals surface area (Å²) in [4.78, 5) is 33.5. The average Bonchev–Trinajstić information content (AvgIpc) is 3.44. The van der Waals surface area contributed by atoms with Crippen LogP contribution in [0.5, 0.6) is 0 Å². The summed E-state index contributed by atoms with van der Waals surface area (Å²) in [5, 5.41) is 15.6. The Balaban J connectivity index is 0.000000479. The monoisotopic (exact) mass is 547 g/mol. The highest BCUT2D eigenvalue weighted by Crippen LogP contribution is 2.31. The molecule has 2 aromatic heterocycles. The van der Waals surface area contributed by atoms with Crippen molar-refractivity contribution in [3.8, 4) is 11.1 Å². The van der Waals surface area contributed by atoms with Gasteiger partial charge < -0.3 is 15.6 Å². The molecule has 0 aliphatic carbocycles. The SMILES string of the molecule is NCC(Cn1ncn(Cc2cc(-c3ccc4c(c3)COC(=O)N4)cs2)c1=O)=C(F)F.O=C(O)C(F)(F)F. The van der Waals surface area contributed by atoms with Gasteiger partial charge in [0.1, 0.15) is 12.9 Å². The lowest BCUT2D eigenvalue weighted by molar-refractivity contribution is -0.192. The lowest BCUT2D eigenvalue weighted by Gasteiger charge is -2.17. The van der Waals surface area contributed by atoms with Gasteiger partial charge in [-0.2, -0.15) is 27.1 Å². The van der Waals surface area contributed by atoms with Crippen LogP contribution in [0, 0.1) is 0 Å². The van der Waals surface area contributed by atoms with Gasteiger partial charge in [-0.1, -0.05) is 6.07 Å². The standard InChI is InChI=1S/C19H17F2N5O3S.C2HF3O2/c20-17(21)14(5-22)6-26-19(28)25(10-23-26)7-15-4-13(9-30-15)11-1-2-16-12(3-11)8-29-18(27)24-16;3-2(4,5)1(6)7/h1-4,9-10H,5-8,22H2,(H,24,27);(H,6,7). The minimum Gasteiger partial charge on any atom is -0.475 e. The number of cyclic esters (lactones) is 1. The molecule has 0 radical (unpaired) electrons. The van der Waals surface area contributed by atoms with Crippen LogP contribution in [0.1, 0.15) is 10.4 Å². The fraction of sp³-hybridized carbons (Fsp3) is 0.238. The molecule has 0 saturated heterocycles. The fourth-order valence-electron chi connectivity index (χ4n) is 3.06. The molecule has 0 spiro atoms. The minimum atomic E-state index is -5.08. The lowest BCUT2D eigenvalue weighted by atomic mass is 10.0. The van der Waals surface area contributed by atoms with Crippen molar-refractivity contribution < 1.29 is 41.4 Å². The Hall–Kier alpha value is -4.05. The number of carbonyl (C=O) groups excluding carboxylic acids is 1. The fourth-order valence-corrected chi connectivity index (χ4v) is 3.95. The van der Waals surface area contributed by atoms with E-state index in [1.54, 1.807) is 0 Å². The molecule has 4 rings (SSSR count). The number of amides is 1. The highest BCUT2D eigenvalue weighted by atomic mass is 32.1. The molecule has 0 saturated carbocycles. The molecule has 16 heteroatoms. The normalized spacial score (nSPS) is 12.5. The molecule has 3 aromatic rings. The van der Waals surface area contributed by atoms with Crippen molar-refractivity contribution in [1.29, 1.82) is 0 Å². The van der Waals surface area contributed by atoms with Crippen LogP contribution in [0.15, 0.2) is 52.4 Å². The highest BCUT2D eigenvalue weighted by molar-refractivity contribution is 7.10. The van der Waals surface area contributed by atoms with E-state index in [0.29, 0.717) is 0 Å². The number of halogens is 5. The van der Waals surface area contributed by atoms with Gasteiger partial charge in [-0.15, -0.1) is 11.3 Å². The summed E-state index contributed by atoms with van der Waals surface area (Å²) in [6, 6.07) is 7.61. The van der Waals surface area contributed by atoms with E-state index in [4.69, 9.17) is 20.4 Å². The summed E-state index contributed by atoms with van der Waals surface area (Å²) in [5.74, 6) is -2.76. The largest absolute Gasteiger partial charge is 0.490 e. The van der Waals surface area contributed by atoms with E-state index in [9.17, 15) is 31.5 Å². The third kappa shape index (κ3) is 7.01. The van der Waals surface area contributed by atoms with E-state index in [0.717, 1.165) is 31.9 Å². The number of carbonyl (C=O) groups is 2. The first-order valence-corrected chi connectivity index (χ1v) is 11.1. The number of nitrogens with zero attached hydrogens (tertiary/aromatic N) is 3. The molecule has 1 amide bonds. The van der Waals surface area contributed by atoms with Crippen molar-refractivity contribution in [2.24, 2.45) is 5.73 Å². The molecule has 0 unspecified atom stereocenters. The van der Waals surface area contributed by atoms with Gasteiger partial charge in [0.25, 0.3) is 6.08 Å². The van der Waals surface area contributed by atoms with Crippen LogP contribution in [0.25, 0.3) is 11.1 Å². The number of rotatable bonds is 6. The number of thiophene rings is 1. The van der Waals surface area contributed by atoms with E-state index < -0.39 is 30.0 Å². The number of fused-ring (bicyclic) bond motifs is 1. The summed E-state index contributed by atoms with van der Waals surface area (Å²) in [6.07, 6.45) is -6.12. The van der Waals surface area contributed by atoms with Gasteiger partial charge >= 0.3 is 23.9 Å². The zero-order chi connectivity index (χ0) is 27.3. The van der Waals surface area contributed by atoms with E-state index in [1.807, 2.05) is 29.6 Å². The Kier molecular flexibility index (Phi) is 8.44. The van der Waals surface area contributed by atoms with Crippen molar-refractivity contribution in [2.45, 2.75) is 25.9 Å². The maximum Gasteiger partial charge on any atom is 0.490 e. The molecule has 1 aromatic carbocycles. The van der Waals surface area contributed by atoms with E-state index in [1.165, 1.54) is 22.2 Å². The number of benzene rings is 1. The number of anilines is 1. The maximum atomic E-state index is 12.8. The van der Waals surface area contributed by atoms with Crippen LogP contribution in [-0.2, 0) is 29.2 Å². The average molecular weight is 547 g/mol. The maximum absolute atomic E-state index is 12.8. The number of aromatic nitrogens is 3. The molecule has 10 nitrogen and oxygen atoms in total. The van der Waals surface area contributed by atoms with Gasteiger partial charge in [-0.3, -0.25) is 9.88 Å². The number of carboxylic acids is 1. The summed E-state index contributed by atoms with van der Waals surface area (Å²) >= 11 is 1.47. The molecule has 3 heterocycles. The van der Waals surface area contributed by atoms with Gasteiger partial charge in [0.15, 0.2) is 0 Å². The Morgan fingerprint density at radius 3 is 2.54 bits per heavy atom. The van der Waals surface area contributed by atoms with E-state index >= 15 is 0 Å². The molecule has 0 atom stereocenters. The van der Waals surface area contributed by atoms with Crippen LogP contribution in [0.4, 0.5) is 32.4 Å². The van der Waals surface area contributed by atoms with Crippen molar-refractivity contribution in [1.82, 2.24) is 14.3 Å². The number of carboxylic acid groups (broad SMARTS) is 1. The minimum absolute atomic E-state index is 0.208. The predicted octanol–water partition coefficient (Wildman–Crippen LogP) is 3.63. The Morgan fingerprint density at radius 2 is 1.92 bits per heavy atom. The number of alkyl halides is 3. The quantitative estimate of drug-likeness (QED) is 0.400. The number of nitrogens with two attached hydrogens (primary N) is 1. The molecule has 0 fully saturated rings. The van der Waals surface area contributed by atoms with Crippen molar-refractivity contribution >= 4 is 29.1 Å². The second-order valence-corrected chi connectivity index (χ2v) is 8.44. The number of hydrogen-bond acceptors (Lipinski definition) is 7. The third-order valence-corrected chi connectivity index (χ3v) is 5.83. The smallest absolute Gasteiger partial charge is 0.475 e. The van der Waals surface area contributed by atoms with Gasteiger partial charge in [0.05, 0.1) is 18.8 Å². The molecule has 4 N–H and O–H groups in total. The molecule has 198 valence electrons. The Labute approximate surface area is 208 Å². The second-order valence-electron chi connectivity index (χ2n) is 7.44. The first kappa shape index (κ1) is 27.5. The van der Waals surface area contributed by atoms with Crippen LogP contribution in [0.3, 0.4) is 0 Å². The highest BCUT2D eigenvalue weighted by Gasteiger charge is 2.38. The first-order valence-electron chi connectivity index (χ1n) is 10.2. The number of ether oxygens (including phenoxy) is 1. The number of nitrogens with one attached hydrogen (secondary N) is 1. The topological polar surface area (TPSA) is 141 Å². The van der Waals surface area contributed by atoms with Crippen molar-refractivity contribution in [3.63, 3.8) is 0 Å². The van der Waals surface area contributed by atoms with Gasteiger partial charge in [-0.25, -0.2) is 19.1 Å². The van der Waals surface area contributed by atoms with Crippen LogP contribution < -0.4 is 16.7 Å². The summed E-state index contributed by atoms with van der Waals surface area (Å²) in [7, 11) is 0. The van der Waals surface area contributed by atoms with Gasteiger partial charge in [0.2, 0.25) is 0 Å². The molecular weight excluding hydrogens is 529 g/mol. The number of aliphatic carboxylic acids is 1. The van der Waals surface area contributed by atoms with Crippen LogP contribution >= 0.6 is 11.3 Å². The van der Waals surface area contributed by atoms with E-state index in [2.05, 4.69) is 10.4 Å². The molecular formula is C21H18F5N5O5S.